The van der Waals surface area contributed by atoms with Crippen LogP contribution in [0.25, 0.3) is 0 Å². The van der Waals surface area contributed by atoms with Crippen molar-refractivity contribution in [2.24, 2.45) is 0 Å². The first kappa shape index (κ1) is 15.7. The molecule has 2 aromatic carbocycles. The van der Waals surface area contributed by atoms with Crippen LogP contribution in [-0.2, 0) is 4.79 Å². The van der Waals surface area contributed by atoms with E-state index in [2.05, 4.69) is 21.2 Å². The second-order valence-electron chi connectivity index (χ2n) is 4.49. The fourth-order valence-electron chi connectivity index (χ4n) is 1.69. The Labute approximate surface area is 136 Å². The monoisotopic (exact) mass is 368 g/mol. The first-order valence-electron chi connectivity index (χ1n) is 6.19. The van der Waals surface area contributed by atoms with Gasteiger partial charge in [0.1, 0.15) is 5.75 Å². The minimum absolute atomic E-state index is 0.0992. The second kappa shape index (κ2) is 6.83. The van der Waals surface area contributed by atoms with Gasteiger partial charge in [-0.25, -0.2) is 0 Å². The Balaban J connectivity index is 1.97. The molecule has 0 atom stereocenters. The highest BCUT2D eigenvalue weighted by Gasteiger charge is 2.08. The summed E-state index contributed by atoms with van der Waals surface area (Å²) in [7, 11) is 0. The summed E-state index contributed by atoms with van der Waals surface area (Å²) >= 11 is 9.36. The molecule has 2 rings (SSSR count). The number of aryl methyl sites for hydroxylation is 1. The number of ether oxygens (including phenoxy) is 1. The van der Waals surface area contributed by atoms with Gasteiger partial charge in [-0.3, -0.25) is 4.79 Å². The topological polar surface area (TPSA) is 64.3 Å². The molecule has 1 amide bonds. The number of rotatable bonds is 4. The molecule has 2 aromatic rings. The summed E-state index contributed by atoms with van der Waals surface area (Å²) < 4.78 is 6.40. The summed E-state index contributed by atoms with van der Waals surface area (Å²) in [6.45, 7) is 1.81. The zero-order chi connectivity index (χ0) is 15.4. The van der Waals surface area contributed by atoms with Gasteiger partial charge >= 0.3 is 0 Å². The fraction of sp³-hybridized carbons (Fsp3) is 0.133. The van der Waals surface area contributed by atoms with Gasteiger partial charge in [-0.15, -0.1) is 0 Å². The third kappa shape index (κ3) is 4.37. The van der Waals surface area contributed by atoms with E-state index in [0.717, 1.165) is 10.0 Å². The third-order valence-electron chi connectivity index (χ3n) is 2.78. The van der Waals surface area contributed by atoms with Gasteiger partial charge in [0.25, 0.3) is 5.91 Å². The molecule has 21 heavy (non-hydrogen) atoms. The van der Waals surface area contributed by atoms with Crippen molar-refractivity contribution in [2.45, 2.75) is 6.92 Å². The number of nitrogens with one attached hydrogen (secondary N) is 1. The van der Waals surface area contributed by atoms with Crippen LogP contribution in [0.4, 0.5) is 11.4 Å². The number of carbonyl (C=O) groups is 1. The first-order valence-corrected chi connectivity index (χ1v) is 7.36. The molecule has 0 heterocycles. The highest BCUT2D eigenvalue weighted by atomic mass is 79.9. The van der Waals surface area contributed by atoms with Crippen LogP contribution in [0, 0.1) is 6.92 Å². The van der Waals surface area contributed by atoms with Crippen LogP contribution in [0.1, 0.15) is 5.56 Å². The van der Waals surface area contributed by atoms with E-state index in [0.29, 0.717) is 22.1 Å². The molecule has 0 bridgehead atoms. The van der Waals surface area contributed by atoms with E-state index in [1.54, 1.807) is 18.2 Å². The number of nitrogen functional groups attached to an aromatic ring is 1. The minimum Gasteiger partial charge on any atom is -0.483 e. The van der Waals surface area contributed by atoms with E-state index in [4.69, 9.17) is 22.1 Å². The van der Waals surface area contributed by atoms with Crippen molar-refractivity contribution in [3.05, 3.63) is 51.5 Å². The molecule has 110 valence electrons. The summed E-state index contributed by atoms with van der Waals surface area (Å²) in [6.07, 6.45) is 0. The van der Waals surface area contributed by atoms with Crippen molar-refractivity contribution in [2.75, 3.05) is 17.7 Å². The molecule has 0 aliphatic heterocycles. The molecule has 0 saturated heterocycles. The van der Waals surface area contributed by atoms with Gasteiger partial charge in [-0.05, 0) is 42.8 Å². The lowest BCUT2D eigenvalue weighted by atomic mass is 10.2. The van der Waals surface area contributed by atoms with E-state index >= 15 is 0 Å². The standard InChI is InChI=1S/C15H14BrClN2O2/c1-9-2-3-10(16)6-14(9)21-8-15(20)19-13-5-4-11(18)7-12(13)17/h2-7H,8,18H2,1H3,(H,19,20). The first-order chi connectivity index (χ1) is 9.95. The average Bonchev–Trinajstić information content (AvgIpc) is 2.43. The molecular formula is C15H14BrClN2O2. The lowest BCUT2D eigenvalue weighted by molar-refractivity contribution is -0.118. The summed E-state index contributed by atoms with van der Waals surface area (Å²) in [5.41, 5.74) is 7.60. The van der Waals surface area contributed by atoms with Gasteiger partial charge in [-0.2, -0.15) is 0 Å². The molecule has 4 nitrogen and oxygen atoms in total. The van der Waals surface area contributed by atoms with Gasteiger partial charge in [-0.1, -0.05) is 33.6 Å². The minimum atomic E-state index is -0.291. The summed E-state index contributed by atoms with van der Waals surface area (Å²) in [6, 6.07) is 10.5. The molecule has 0 aromatic heterocycles. The van der Waals surface area contributed by atoms with E-state index < -0.39 is 0 Å². The maximum absolute atomic E-state index is 11.9. The number of hydrogen-bond donors (Lipinski definition) is 2. The van der Waals surface area contributed by atoms with E-state index in [1.165, 1.54) is 0 Å². The maximum Gasteiger partial charge on any atom is 0.262 e. The Kier molecular flexibility index (Phi) is 5.09. The molecule has 3 N–H and O–H groups in total. The Hall–Kier alpha value is -1.72. The molecule has 0 saturated carbocycles. The molecule has 0 radical (unpaired) electrons. The lowest BCUT2D eigenvalue weighted by Gasteiger charge is -2.11. The summed E-state index contributed by atoms with van der Waals surface area (Å²) in [5.74, 6) is 0.365. The quantitative estimate of drug-likeness (QED) is 0.800. The number of halogens is 2. The SMILES string of the molecule is Cc1ccc(Br)cc1OCC(=O)Nc1ccc(N)cc1Cl. The van der Waals surface area contributed by atoms with Gasteiger partial charge < -0.3 is 15.8 Å². The van der Waals surface area contributed by atoms with Crippen molar-refractivity contribution >= 4 is 44.8 Å². The van der Waals surface area contributed by atoms with Crippen LogP contribution in [0.5, 0.6) is 5.75 Å². The number of carbonyl (C=O) groups excluding carboxylic acids is 1. The average molecular weight is 370 g/mol. The molecule has 0 unspecified atom stereocenters. The second-order valence-corrected chi connectivity index (χ2v) is 5.81. The van der Waals surface area contributed by atoms with E-state index in [9.17, 15) is 4.79 Å². The molecule has 0 fully saturated rings. The van der Waals surface area contributed by atoms with Crippen LogP contribution in [0.3, 0.4) is 0 Å². The highest BCUT2D eigenvalue weighted by Crippen LogP contribution is 2.25. The van der Waals surface area contributed by atoms with Gasteiger partial charge in [0.05, 0.1) is 10.7 Å². The number of anilines is 2. The van der Waals surface area contributed by atoms with Crippen LogP contribution >= 0.6 is 27.5 Å². The number of nitrogens with two attached hydrogens (primary N) is 1. The fourth-order valence-corrected chi connectivity index (χ4v) is 2.27. The summed E-state index contributed by atoms with van der Waals surface area (Å²) in [5, 5.41) is 3.07. The predicted octanol–water partition coefficient (Wildman–Crippen LogP) is 4.01. The number of amides is 1. The van der Waals surface area contributed by atoms with Crippen molar-refractivity contribution in [3.63, 3.8) is 0 Å². The third-order valence-corrected chi connectivity index (χ3v) is 3.58. The van der Waals surface area contributed by atoms with E-state index in [1.807, 2.05) is 25.1 Å². The van der Waals surface area contributed by atoms with E-state index in [-0.39, 0.29) is 12.5 Å². The van der Waals surface area contributed by atoms with Gasteiger partial charge in [0.2, 0.25) is 0 Å². The van der Waals surface area contributed by atoms with Crippen LogP contribution < -0.4 is 15.8 Å². The molecule has 0 aliphatic rings. The van der Waals surface area contributed by atoms with Crippen molar-refractivity contribution in [3.8, 4) is 5.75 Å². The summed E-state index contributed by atoms with van der Waals surface area (Å²) in [4.78, 5) is 11.9. The zero-order valence-corrected chi connectivity index (χ0v) is 13.7. The Morgan fingerprint density at radius 1 is 1.33 bits per heavy atom. The van der Waals surface area contributed by atoms with Crippen molar-refractivity contribution < 1.29 is 9.53 Å². The molecule has 6 heteroatoms. The highest BCUT2D eigenvalue weighted by molar-refractivity contribution is 9.10. The Bertz CT molecular complexity index is 677. The number of hydrogen-bond acceptors (Lipinski definition) is 3. The number of benzene rings is 2. The van der Waals surface area contributed by atoms with Crippen molar-refractivity contribution in [1.82, 2.24) is 0 Å². The Morgan fingerprint density at radius 3 is 2.81 bits per heavy atom. The van der Waals surface area contributed by atoms with Crippen LogP contribution in [0.2, 0.25) is 5.02 Å². The largest absolute Gasteiger partial charge is 0.483 e. The molecule has 0 spiro atoms. The molecular weight excluding hydrogens is 356 g/mol. The zero-order valence-electron chi connectivity index (χ0n) is 11.3. The van der Waals surface area contributed by atoms with Crippen LogP contribution in [-0.4, -0.2) is 12.5 Å². The van der Waals surface area contributed by atoms with Gasteiger partial charge in [0, 0.05) is 10.2 Å². The lowest BCUT2D eigenvalue weighted by Crippen LogP contribution is -2.20. The maximum atomic E-state index is 11.9. The van der Waals surface area contributed by atoms with Crippen molar-refractivity contribution in [1.29, 1.82) is 0 Å². The van der Waals surface area contributed by atoms with Crippen LogP contribution in [0.15, 0.2) is 40.9 Å². The predicted molar refractivity (Wildman–Crippen MR) is 88.9 cm³/mol. The van der Waals surface area contributed by atoms with Gasteiger partial charge in [0.15, 0.2) is 6.61 Å². The Morgan fingerprint density at radius 2 is 2.10 bits per heavy atom. The molecule has 0 aliphatic carbocycles. The normalized spacial score (nSPS) is 10.2. The smallest absolute Gasteiger partial charge is 0.262 e.